The van der Waals surface area contributed by atoms with E-state index in [9.17, 15) is 24.3 Å². The minimum Gasteiger partial charge on any atom is -0.480 e. The second-order valence-corrected chi connectivity index (χ2v) is 6.94. The Balaban J connectivity index is 2.81. The molecule has 1 aliphatic rings. The highest BCUT2D eigenvalue weighted by Crippen LogP contribution is 2.20. The Morgan fingerprint density at radius 1 is 1.26 bits per heavy atom. The van der Waals surface area contributed by atoms with E-state index in [4.69, 9.17) is 10.8 Å². The number of nitrogens with zero attached hydrogens (tertiary/aromatic N) is 1. The van der Waals surface area contributed by atoms with Gasteiger partial charge in [-0.2, -0.15) is 0 Å². The van der Waals surface area contributed by atoms with Gasteiger partial charge in [0.2, 0.25) is 17.7 Å². The van der Waals surface area contributed by atoms with Gasteiger partial charge in [-0.25, -0.2) is 0 Å². The SMILES string of the molecule is CC[C@H](C)[C@H](N)C(=O)N1CCC[C@H]1C(=O)N[C@H](C(=O)NCC(=O)O)[C@@H](C)O. The zero-order valence-corrected chi connectivity index (χ0v) is 16.0. The van der Waals surface area contributed by atoms with Crippen LogP contribution in [0.4, 0.5) is 0 Å². The van der Waals surface area contributed by atoms with Gasteiger partial charge in [0.25, 0.3) is 0 Å². The van der Waals surface area contributed by atoms with Gasteiger partial charge < -0.3 is 31.5 Å². The second-order valence-electron chi connectivity index (χ2n) is 6.94. The fourth-order valence-electron chi connectivity index (χ4n) is 2.92. The molecule has 0 unspecified atom stereocenters. The maximum atomic E-state index is 12.6. The van der Waals surface area contributed by atoms with Crippen molar-refractivity contribution < 1.29 is 29.4 Å². The molecule has 6 N–H and O–H groups in total. The van der Waals surface area contributed by atoms with E-state index in [2.05, 4.69) is 10.6 Å². The van der Waals surface area contributed by atoms with Crippen molar-refractivity contribution in [2.45, 2.75) is 64.3 Å². The molecule has 3 amide bonds. The standard InChI is InChI=1S/C17H30N4O6/c1-4-9(2)13(18)17(27)21-7-5-6-11(21)15(25)20-14(10(3)22)16(26)19-8-12(23)24/h9-11,13-14,22H,4-8,18H2,1-3H3,(H,19,26)(H,20,25)(H,23,24)/t9-,10+,11-,13-,14-/m0/s1. The van der Waals surface area contributed by atoms with Crippen LogP contribution < -0.4 is 16.4 Å². The summed E-state index contributed by atoms with van der Waals surface area (Å²) in [6.07, 6.45) is 0.539. The molecule has 0 aromatic carbocycles. The number of rotatable bonds is 9. The summed E-state index contributed by atoms with van der Waals surface area (Å²) in [6.45, 7) is 4.86. The Labute approximate surface area is 158 Å². The maximum absolute atomic E-state index is 12.6. The average Bonchev–Trinajstić information content (AvgIpc) is 3.11. The quantitative estimate of drug-likeness (QED) is 0.319. The zero-order chi connectivity index (χ0) is 20.7. The van der Waals surface area contributed by atoms with E-state index in [1.165, 1.54) is 11.8 Å². The molecule has 10 nitrogen and oxygen atoms in total. The lowest BCUT2D eigenvalue weighted by Gasteiger charge is -2.30. The number of aliphatic hydroxyl groups is 1. The third-order valence-corrected chi connectivity index (χ3v) is 4.86. The third kappa shape index (κ3) is 6.17. The summed E-state index contributed by atoms with van der Waals surface area (Å²) in [7, 11) is 0. The molecule has 1 saturated heterocycles. The Morgan fingerprint density at radius 3 is 2.41 bits per heavy atom. The van der Waals surface area contributed by atoms with E-state index in [0.29, 0.717) is 19.4 Å². The molecule has 0 aromatic heterocycles. The first-order chi connectivity index (χ1) is 12.6. The normalized spacial score (nSPS) is 21.1. The summed E-state index contributed by atoms with van der Waals surface area (Å²) in [5.41, 5.74) is 6.00. The highest BCUT2D eigenvalue weighted by atomic mass is 16.4. The first-order valence-electron chi connectivity index (χ1n) is 9.14. The predicted octanol–water partition coefficient (Wildman–Crippen LogP) is -1.58. The number of carboxylic acid groups (broad SMARTS) is 1. The Hall–Kier alpha value is -2.20. The van der Waals surface area contributed by atoms with Gasteiger partial charge in [-0.1, -0.05) is 20.3 Å². The monoisotopic (exact) mass is 386 g/mol. The Kier molecular flexibility index (Phi) is 8.64. The smallest absolute Gasteiger partial charge is 0.322 e. The van der Waals surface area contributed by atoms with Crippen LogP contribution in [-0.2, 0) is 19.2 Å². The van der Waals surface area contributed by atoms with Crippen molar-refractivity contribution in [2.75, 3.05) is 13.1 Å². The Morgan fingerprint density at radius 2 is 1.89 bits per heavy atom. The van der Waals surface area contributed by atoms with Gasteiger partial charge in [0.15, 0.2) is 0 Å². The summed E-state index contributed by atoms with van der Waals surface area (Å²) in [5, 5.41) is 23.0. The molecule has 10 heteroatoms. The fraction of sp³-hybridized carbons (Fsp3) is 0.765. The second kappa shape index (κ2) is 10.2. The number of carboxylic acids is 1. The first kappa shape index (κ1) is 22.8. The van der Waals surface area contributed by atoms with Gasteiger partial charge >= 0.3 is 5.97 Å². The largest absolute Gasteiger partial charge is 0.480 e. The molecule has 0 bridgehead atoms. The molecule has 0 saturated carbocycles. The third-order valence-electron chi connectivity index (χ3n) is 4.86. The molecular formula is C17H30N4O6. The number of hydrogen-bond acceptors (Lipinski definition) is 6. The van der Waals surface area contributed by atoms with Crippen molar-refractivity contribution >= 4 is 23.7 Å². The zero-order valence-electron chi connectivity index (χ0n) is 16.0. The molecule has 0 aliphatic carbocycles. The lowest BCUT2D eigenvalue weighted by atomic mass is 9.98. The number of hydrogen-bond donors (Lipinski definition) is 5. The number of carbonyl (C=O) groups excluding carboxylic acids is 3. The van der Waals surface area contributed by atoms with Crippen molar-refractivity contribution in [3.63, 3.8) is 0 Å². The van der Waals surface area contributed by atoms with Gasteiger partial charge in [0.05, 0.1) is 12.1 Å². The first-order valence-corrected chi connectivity index (χ1v) is 9.14. The molecule has 5 atom stereocenters. The number of nitrogens with two attached hydrogens (primary N) is 1. The van der Waals surface area contributed by atoms with Crippen LogP contribution >= 0.6 is 0 Å². The van der Waals surface area contributed by atoms with Crippen LogP contribution in [-0.4, -0.2) is 76.1 Å². The minimum absolute atomic E-state index is 0.0335. The van der Waals surface area contributed by atoms with E-state index in [0.717, 1.165) is 6.42 Å². The summed E-state index contributed by atoms with van der Waals surface area (Å²) in [4.78, 5) is 49.3. The maximum Gasteiger partial charge on any atom is 0.322 e. The van der Waals surface area contributed by atoms with Crippen LogP contribution in [0, 0.1) is 5.92 Å². The topological polar surface area (TPSA) is 162 Å². The molecule has 0 radical (unpaired) electrons. The number of amides is 3. The van der Waals surface area contributed by atoms with Gasteiger partial charge in [-0.3, -0.25) is 19.2 Å². The number of likely N-dealkylation sites (tertiary alicyclic amines) is 1. The van der Waals surface area contributed by atoms with Crippen molar-refractivity contribution in [1.82, 2.24) is 15.5 Å². The van der Waals surface area contributed by atoms with Crippen LogP contribution in [0.25, 0.3) is 0 Å². The van der Waals surface area contributed by atoms with Crippen molar-refractivity contribution in [3.8, 4) is 0 Å². The van der Waals surface area contributed by atoms with Crippen LogP contribution in [0.3, 0.4) is 0 Å². The average molecular weight is 386 g/mol. The van der Waals surface area contributed by atoms with Crippen LogP contribution in [0.1, 0.15) is 40.0 Å². The molecular weight excluding hydrogens is 356 g/mol. The summed E-state index contributed by atoms with van der Waals surface area (Å²) in [5.74, 6) is -2.98. The molecule has 1 heterocycles. The minimum atomic E-state index is -1.32. The van der Waals surface area contributed by atoms with Gasteiger partial charge in [-0.05, 0) is 25.7 Å². The van der Waals surface area contributed by atoms with E-state index in [1.807, 2.05) is 13.8 Å². The molecule has 1 aliphatic heterocycles. The van der Waals surface area contributed by atoms with Crippen LogP contribution in [0.2, 0.25) is 0 Å². The molecule has 154 valence electrons. The van der Waals surface area contributed by atoms with E-state index >= 15 is 0 Å². The Bertz CT molecular complexity index is 568. The lowest BCUT2D eigenvalue weighted by Crippen LogP contribution is -2.58. The summed E-state index contributed by atoms with van der Waals surface area (Å²) < 4.78 is 0. The number of aliphatic hydroxyl groups excluding tert-OH is 1. The molecule has 27 heavy (non-hydrogen) atoms. The van der Waals surface area contributed by atoms with E-state index < -0.39 is 48.6 Å². The van der Waals surface area contributed by atoms with Gasteiger partial charge in [0, 0.05) is 6.54 Å². The molecule has 1 rings (SSSR count). The predicted molar refractivity (Wildman–Crippen MR) is 96.4 cm³/mol. The molecule has 0 spiro atoms. The number of aliphatic carboxylic acids is 1. The summed E-state index contributed by atoms with van der Waals surface area (Å²) in [6, 6.07) is -2.81. The van der Waals surface area contributed by atoms with Crippen molar-refractivity contribution in [3.05, 3.63) is 0 Å². The van der Waals surface area contributed by atoms with E-state index in [1.54, 1.807) is 0 Å². The summed E-state index contributed by atoms with van der Waals surface area (Å²) >= 11 is 0. The lowest BCUT2D eigenvalue weighted by molar-refractivity contribution is -0.142. The van der Waals surface area contributed by atoms with Crippen LogP contribution in [0.15, 0.2) is 0 Å². The van der Waals surface area contributed by atoms with Gasteiger partial charge in [-0.15, -0.1) is 0 Å². The number of nitrogens with one attached hydrogen (secondary N) is 2. The molecule has 0 aromatic rings. The van der Waals surface area contributed by atoms with Crippen molar-refractivity contribution in [2.24, 2.45) is 11.7 Å². The molecule has 1 fully saturated rings. The van der Waals surface area contributed by atoms with Gasteiger partial charge in [0.1, 0.15) is 18.6 Å². The highest BCUT2D eigenvalue weighted by molar-refractivity contribution is 5.94. The highest BCUT2D eigenvalue weighted by Gasteiger charge is 2.39. The number of carbonyl (C=O) groups is 4. The van der Waals surface area contributed by atoms with Crippen molar-refractivity contribution in [1.29, 1.82) is 0 Å². The van der Waals surface area contributed by atoms with E-state index in [-0.39, 0.29) is 11.8 Å². The fourth-order valence-corrected chi connectivity index (χ4v) is 2.92. The van der Waals surface area contributed by atoms with Crippen LogP contribution in [0.5, 0.6) is 0 Å².